The van der Waals surface area contributed by atoms with Gasteiger partial charge in [0.2, 0.25) is 0 Å². The number of hydrogen-bond donors (Lipinski definition) is 1. The molecule has 0 atom stereocenters. The van der Waals surface area contributed by atoms with Crippen molar-refractivity contribution in [1.82, 2.24) is 4.98 Å². The summed E-state index contributed by atoms with van der Waals surface area (Å²) in [6.45, 7) is 6.13. The van der Waals surface area contributed by atoms with E-state index in [2.05, 4.69) is 41.0 Å². The fourth-order valence-corrected chi connectivity index (χ4v) is 4.14. The Morgan fingerprint density at radius 3 is 2.52 bits per heavy atom. The summed E-state index contributed by atoms with van der Waals surface area (Å²) in [7, 11) is 0. The highest BCUT2D eigenvalue weighted by Gasteiger charge is 2.20. The van der Waals surface area contributed by atoms with E-state index in [9.17, 15) is 5.11 Å². The number of phenols is 1. The van der Waals surface area contributed by atoms with Gasteiger partial charge in [-0.05, 0) is 36.8 Å². The van der Waals surface area contributed by atoms with Crippen molar-refractivity contribution in [2.24, 2.45) is 0 Å². The number of para-hydroxylation sites is 1. The van der Waals surface area contributed by atoms with E-state index in [-0.39, 0.29) is 0 Å². The van der Waals surface area contributed by atoms with Gasteiger partial charge in [-0.25, -0.2) is 4.98 Å². The molecule has 1 aliphatic rings. The van der Waals surface area contributed by atoms with E-state index in [4.69, 9.17) is 4.98 Å². The van der Waals surface area contributed by atoms with Gasteiger partial charge in [-0.1, -0.05) is 29.5 Å². The van der Waals surface area contributed by atoms with Gasteiger partial charge < -0.3 is 14.9 Å². The summed E-state index contributed by atoms with van der Waals surface area (Å²) in [6.07, 6.45) is 0. The number of phenolic OH excluding ortho intramolecular Hbond substituents is 1. The van der Waals surface area contributed by atoms with Crippen LogP contribution in [0.5, 0.6) is 5.75 Å². The Kier molecular flexibility index (Phi) is 3.58. The number of hydrogen-bond acceptors (Lipinski definition) is 5. The normalized spacial score (nSPS) is 15.3. The molecule has 1 N–H and O–H groups in total. The molecule has 0 amide bonds. The van der Waals surface area contributed by atoms with Crippen LogP contribution in [0.15, 0.2) is 42.5 Å². The largest absolute Gasteiger partial charge is 0.508 e. The van der Waals surface area contributed by atoms with E-state index < -0.39 is 0 Å². The monoisotopic (exact) mass is 325 g/mol. The Morgan fingerprint density at radius 1 is 1.00 bits per heavy atom. The molecule has 0 aliphatic carbocycles. The molecule has 4 nitrogen and oxygen atoms in total. The number of rotatable bonds is 2. The summed E-state index contributed by atoms with van der Waals surface area (Å²) < 4.78 is 1.04. The maximum atomic E-state index is 9.60. The predicted octanol–water partition coefficient (Wildman–Crippen LogP) is 3.64. The molecule has 0 radical (unpaired) electrons. The SMILES string of the molecule is Cc1ccccc1N1CCN(c2nc3ccc(O)cc3s2)CC1. The number of aryl methyl sites for hydroxylation is 1. The molecule has 1 aromatic heterocycles. The first-order chi connectivity index (χ1) is 11.2. The fourth-order valence-electron chi connectivity index (χ4n) is 3.09. The maximum absolute atomic E-state index is 9.60. The number of fused-ring (bicyclic) bond motifs is 1. The third-order valence-electron chi connectivity index (χ3n) is 4.37. The number of aromatic hydroxyl groups is 1. The fraction of sp³-hybridized carbons (Fsp3) is 0.278. The van der Waals surface area contributed by atoms with Gasteiger partial charge in [-0.2, -0.15) is 0 Å². The average molecular weight is 325 g/mol. The standard InChI is InChI=1S/C18H19N3OS/c1-13-4-2-3-5-16(13)20-8-10-21(11-9-20)18-19-15-7-6-14(22)12-17(15)23-18/h2-7,12,22H,8-11H2,1H3. The lowest BCUT2D eigenvalue weighted by atomic mass is 10.1. The summed E-state index contributed by atoms with van der Waals surface area (Å²) in [5.74, 6) is 0.303. The maximum Gasteiger partial charge on any atom is 0.186 e. The number of anilines is 2. The van der Waals surface area contributed by atoms with Crippen LogP contribution in [0.1, 0.15) is 5.56 Å². The van der Waals surface area contributed by atoms with Gasteiger partial charge >= 0.3 is 0 Å². The topological polar surface area (TPSA) is 39.6 Å². The highest BCUT2D eigenvalue weighted by atomic mass is 32.1. The molecule has 1 saturated heterocycles. The Bertz CT molecular complexity index is 837. The van der Waals surface area contributed by atoms with Gasteiger partial charge in [0.25, 0.3) is 0 Å². The second-order valence-electron chi connectivity index (χ2n) is 5.91. The summed E-state index contributed by atoms with van der Waals surface area (Å²) in [6, 6.07) is 13.9. The van der Waals surface area contributed by atoms with Crippen LogP contribution in [0.2, 0.25) is 0 Å². The molecular formula is C18H19N3OS. The Hall–Kier alpha value is -2.27. The van der Waals surface area contributed by atoms with Crippen molar-refractivity contribution in [2.45, 2.75) is 6.92 Å². The van der Waals surface area contributed by atoms with Crippen LogP contribution in [0.4, 0.5) is 10.8 Å². The van der Waals surface area contributed by atoms with Crippen LogP contribution in [0, 0.1) is 6.92 Å². The minimum Gasteiger partial charge on any atom is -0.508 e. The zero-order valence-corrected chi connectivity index (χ0v) is 13.9. The summed E-state index contributed by atoms with van der Waals surface area (Å²) in [5, 5.41) is 10.6. The highest BCUT2D eigenvalue weighted by Crippen LogP contribution is 2.32. The van der Waals surface area contributed by atoms with Crippen molar-refractivity contribution in [3.05, 3.63) is 48.0 Å². The Morgan fingerprint density at radius 2 is 1.74 bits per heavy atom. The molecule has 1 aliphatic heterocycles. The van der Waals surface area contributed by atoms with Crippen LogP contribution in [0.3, 0.4) is 0 Å². The van der Waals surface area contributed by atoms with Crippen molar-refractivity contribution in [2.75, 3.05) is 36.0 Å². The first-order valence-electron chi connectivity index (χ1n) is 7.86. The van der Waals surface area contributed by atoms with Crippen LogP contribution < -0.4 is 9.80 Å². The zero-order valence-electron chi connectivity index (χ0n) is 13.1. The molecule has 5 heteroatoms. The molecule has 2 aromatic carbocycles. The Labute approximate surface area is 139 Å². The summed E-state index contributed by atoms with van der Waals surface area (Å²) in [4.78, 5) is 9.50. The molecule has 3 aromatic rings. The lowest BCUT2D eigenvalue weighted by Gasteiger charge is -2.36. The van der Waals surface area contributed by atoms with E-state index >= 15 is 0 Å². The quantitative estimate of drug-likeness (QED) is 0.781. The highest BCUT2D eigenvalue weighted by molar-refractivity contribution is 7.22. The van der Waals surface area contributed by atoms with Crippen LogP contribution in [0.25, 0.3) is 10.2 Å². The van der Waals surface area contributed by atoms with Crippen LogP contribution in [-0.4, -0.2) is 36.3 Å². The first kappa shape index (κ1) is 14.3. The van der Waals surface area contributed by atoms with Gasteiger partial charge in [0.05, 0.1) is 10.2 Å². The summed E-state index contributed by atoms with van der Waals surface area (Å²) >= 11 is 1.65. The molecule has 4 rings (SSSR count). The van der Waals surface area contributed by atoms with Gasteiger partial charge in [0, 0.05) is 31.9 Å². The number of thiazole rings is 1. The smallest absolute Gasteiger partial charge is 0.186 e. The van der Waals surface area contributed by atoms with Gasteiger partial charge in [0.15, 0.2) is 5.13 Å². The first-order valence-corrected chi connectivity index (χ1v) is 8.67. The molecule has 0 spiro atoms. The van der Waals surface area contributed by atoms with E-state index in [0.29, 0.717) is 5.75 Å². The van der Waals surface area contributed by atoms with Crippen molar-refractivity contribution >= 4 is 32.4 Å². The van der Waals surface area contributed by atoms with Crippen molar-refractivity contribution < 1.29 is 5.11 Å². The van der Waals surface area contributed by atoms with Crippen LogP contribution >= 0.6 is 11.3 Å². The molecule has 0 saturated carbocycles. The number of piperazine rings is 1. The van der Waals surface area contributed by atoms with E-state index in [0.717, 1.165) is 41.5 Å². The lowest BCUT2D eigenvalue weighted by molar-refractivity contribution is 0.476. The van der Waals surface area contributed by atoms with Crippen molar-refractivity contribution in [3.63, 3.8) is 0 Å². The van der Waals surface area contributed by atoms with E-state index in [1.54, 1.807) is 23.5 Å². The minimum absolute atomic E-state index is 0.303. The van der Waals surface area contributed by atoms with Crippen LogP contribution in [-0.2, 0) is 0 Å². The molecule has 1 fully saturated rings. The average Bonchev–Trinajstić information content (AvgIpc) is 2.98. The number of nitrogens with zero attached hydrogens (tertiary/aromatic N) is 3. The third kappa shape index (κ3) is 2.72. The van der Waals surface area contributed by atoms with Gasteiger partial charge in [-0.15, -0.1) is 0 Å². The van der Waals surface area contributed by atoms with Crippen molar-refractivity contribution in [3.8, 4) is 5.75 Å². The Balaban J connectivity index is 1.51. The number of benzene rings is 2. The second-order valence-corrected chi connectivity index (χ2v) is 6.92. The lowest BCUT2D eigenvalue weighted by Crippen LogP contribution is -2.46. The minimum atomic E-state index is 0.303. The molecule has 0 bridgehead atoms. The van der Waals surface area contributed by atoms with Crippen molar-refractivity contribution in [1.29, 1.82) is 0 Å². The molecule has 0 unspecified atom stereocenters. The molecular weight excluding hydrogens is 306 g/mol. The van der Waals surface area contributed by atoms with E-state index in [1.165, 1.54) is 11.3 Å². The zero-order chi connectivity index (χ0) is 15.8. The van der Waals surface area contributed by atoms with Gasteiger partial charge in [0.1, 0.15) is 5.75 Å². The van der Waals surface area contributed by atoms with E-state index in [1.807, 2.05) is 6.07 Å². The predicted molar refractivity (Wildman–Crippen MR) is 96.9 cm³/mol. The third-order valence-corrected chi connectivity index (χ3v) is 5.45. The van der Waals surface area contributed by atoms with Gasteiger partial charge in [-0.3, -0.25) is 0 Å². The molecule has 118 valence electrons. The second kappa shape index (κ2) is 5.74. The molecule has 23 heavy (non-hydrogen) atoms. The molecule has 2 heterocycles. The number of aromatic nitrogens is 1. The summed E-state index contributed by atoms with van der Waals surface area (Å²) in [5.41, 5.74) is 3.63.